The fourth-order valence-electron chi connectivity index (χ4n) is 1.25. The predicted octanol–water partition coefficient (Wildman–Crippen LogP) is 0.00170. The zero-order chi connectivity index (χ0) is 10.8. The van der Waals surface area contributed by atoms with Crippen molar-refractivity contribution in [2.24, 2.45) is 0 Å². The highest BCUT2D eigenvalue weighted by molar-refractivity contribution is 7.80. The van der Waals surface area contributed by atoms with E-state index in [1.807, 2.05) is 7.05 Å². The molecule has 0 saturated carbocycles. The smallest absolute Gasteiger partial charge is 0.0281 e. The van der Waals surface area contributed by atoms with Crippen molar-refractivity contribution in [1.82, 2.24) is 16.0 Å². The van der Waals surface area contributed by atoms with Crippen molar-refractivity contribution in [2.45, 2.75) is 19.0 Å². The lowest BCUT2D eigenvalue weighted by Crippen LogP contribution is -2.47. The average Bonchev–Trinajstić information content (AvgIpc) is 2.22. The van der Waals surface area contributed by atoms with Crippen LogP contribution in [0.2, 0.25) is 0 Å². The Morgan fingerprint density at radius 3 is 2.00 bits per heavy atom. The van der Waals surface area contributed by atoms with E-state index in [1.165, 1.54) is 0 Å². The largest absolute Gasteiger partial charge is 0.318 e. The lowest BCUT2D eigenvalue weighted by atomic mass is 10.2. The van der Waals surface area contributed by atoms with Gasteiger partial charge in [-0.25, -0.2) is 0 Å². The SMILES string of the molecule is CCN[C@@H](CS)CN[C@@H](CS)CNC. The minimum atomic E-state index is 0.435. The number of hydrogen-bond acceptors (Lipinski definition) is 5. The fourth-order valence-corrected chi connectivity index (χ4v) is 1.76. The van der Waals surface area contributed by atoms with Crippen molar-refractivity contribution in [3.63, 3.8) is 0 Å². The fraction of sp³-hybridized carbons (Fsp3) is 1.00. The average molecular weight is 237 g/mol. The van der Waals surface area contributed by atoms with E-state index in [-0.39, 0.29) is 0 Å². The zero-order valence-electron chi connectivity index (χ0n) is 9.08. The summed E-state index contributed by atoms with van der Waals surface area (Å²) in [5.74, 6) is 1.71. The molecule has 0 aliphatic heterocycles. The minimum absolute atomic E-state index is 0.435. The van der Waals surface area contributed by atoms with E-state index in [0.29, 0.717) is 12.1 Å². The molecule has 0 aromatic heterocycles. The van der Waals surface area contributed by atoms with Crippen LogP contribution in [0.1, 0.15) is 6.92 Å². The van der Waals surface area contributed by atoms with Gasteiger partial charge in [0.25, 0.3) is 0 Å². The molecule has 86 valence electrons. The molecule has 0 aliphatic rings. The van der Waals surface area contributed by atoms with Gasteiger partial charge in [-0.3, -0.25) is 0 Å². The molecule has 0 radical (unpaired) electrons. The molecular weight excluding hydrogens is 214 g/mol. The summed E-state index contributed by atoms with van der Waals surface area (Å²) in [5, 5.41) is 9.97. The molecule has 0 amide bonds. The van der Waals surface area contributed by atoms with Crippen LogP contribution in [0.5, 0.6) is 0 Å². The van der Waals surface area contributed by atoms with Crippen molar-refractivity contribution in [1.29, 1.82) is 0 Å². The molecule has 0 heterocycles. The Labute approximate surface area is 98.6 Å². The van der Waals surface area contributed by atoms with Crippen molar-refractivity contribution >= 4 is 25.3 Å². The van der Waals surface area contributed by atoms with Crippen LogP contribution in [0.4, 0.5) is 0 Å². The summed E-state index contributed by atoms with van der Waals surface area (Å²) in [4.78, 5) is 0. The molecule has 3 N–H and O–H groups in total. The lowest BCUT2D eigenvalue weighted by molar-refractivity contribution is 0.467. The summed E-state index contributed by atoms with van der Waals surface area (Å²) < 4.78 is 0. The number of rotatable bonds is 9. The van der Waals surface area contributed by atoms with Crippen LogP contribution in [0, 0.1) is 0 Å². The Balaban J connectivity index is 3.63. The molecule has 5 heteroatoms. The molecule has 0 saturated heterocycles. The highest BCUT2D eigenvalue weighted by Crippen LogP contribution is 1.90. The monoisotopic (exact) mass is 237 g/mol. The topological polar surface area (TPSA) is 36.1 Å². The summed E-state index contributed by atoms with van der Waals surface area (Å²) >= 11 is 8.59. The Kier molecular flexibility index (Phi) is 10.5. The second-order valence-corrected chi connectivity index (χ2v) is 4.01. The van der Waals surface area contributed by atoms with Gasteiger partial charge >= 0.3 is 0 Å². The number of nitrogens with one attached hydrogen (secondary N) is 3. The molecule has 0 fully saturated rings. The molecule has 14 heavy (non-hydrogen) atoms. The first kappa shape index (κ1) is 14.6. The van der Waals surface area contributed by atoms with E-state index < -0.39 is 0 Å². The molecule has 0 rings (SSSR count). The number of likely N-dealkylation sites (N-methyl/N-ethyl adjacent to an activating group) is 2. The van der Waals surface area contributed by atoms with Gasteiger partial charge in [-0.1, -0.05) is 6.92 Å². The molecule has 0 aliphatic carbocycles. The second kappa shape index (κ2) is 10.1. The number of thiol groups is 2. The Morgan fingerprint density at radius 2 is 1.57 bits per heavy atom. The van der Waals surface area contributed by atoms with Crippen molar-refractivity contribution in [3.8, 4) is 0 Å². The summed E-state index contributed by atoms with van der Waals surface area (Å²) in [6, 6.07) is 0.881. The lowest BCUT2D eigenvalue weighted by Gasteiger charge is -2.21. The highest BCUT2D eigenvalue weighted by atomic mass is 32.1. The van der Waals surface area contributed by atoms with Crippen LogP contribution in [0.3, 0.4) is 0 Å². The van der Waals surface area contributed by atoms with Crippen molar-refractivity contribution < 1.29 is 0 Å². The zero-order valence-corrected chi connectivity index (χ0v) is 10.9. The molecule has 0 spiro atoms. The number of hydrogen-bond donors (Lipinski definition) is 5. The first-order valence-corrected chi connectivity index (χ1v) is 6.38. The van der Waals surface area contributed by atoms with Gasteiger partial charge in [-0.15, -0.1) is 0 Å². The third kappa shape index (κ3) is 6.95. The maximum atomic E-state index is 4.30. The Bertz CT molecular complexity index is 111. The highest BCUT2D eigenvalue weighted by Gasteiger charge is 2.08. The van der Waals surface area contributed by atoms with Crippen LogP contribution in [-0.4, -0.2) is 50.3 Å². The summed E-state index contributed by atoms with van der Waals surface area (Å²) in [7, 11) is 1.96. The third-order valence-corrected chi connectivity index (χ3v) is 2.92. The van der Waals surface area contributed by atoms with E-state index in [0.717, 1.165) is 31.1 Å². The standard InChI is InChI=1S/C9H23N3S2/c1-3-11-9(7-14)5-12-8(6-13)4-10-2/h8-14H,3-7H2,1-2H3/t8-,9-/m1/s1. The minimum Gasteiger partial charge on any atom is -0.318 e. The molecule has 3 nitrogen and oxygen atoms in total. The maximum Gasteiger partial charge on any atom is 0.0281 e. The van der Waals surface area contributed by atoms with E-state index in [9.17, 15) is 0 Å². The molecule has 0 aromatic carbocycles. The van der Waals surface area contributed by atoms with Gasteiger partial charge < -0.3 is 16.0 Å². The van der Waals surface area contributed by atoms with Gasteiger partial charge in [0.1, 0.15) is 0 Å². The van der Waals surface area contributed by atoms with Crippen LogP contribution < -0.4 is 16.0 Å². The molecule has 2 atom stereocenters. The van der Waals surface area contributed by atoms with E-state index in [2.05, 4.69) is 48.1 Å². The molecule has 0 aromatic rings. The normalized spacial score (nSPS) is 15.4. The van der Waals surface area contributed by atoms with E-state index in [4.69, 9.17) is 0 Å². The van der Waals surface area contributed by atoms with E-state index >= 15 is 0 Å². The van der Waals surface area contributed by atoms with Crippen LogP contribution in [0.25, 0.3) is 0 Å². The third-order valence-electron chi connectivity index (χ3n) is 2.04. The van der Waals surface area contributed by atoms with Crippen LogP contribution in [0.15, 0.2) is 0 Å². The molecule has 0 bridgehead atoms. The van der Waals surface area contributed by atoms with E-state index in [1.54, 1.807) is 0 Å². The predicted molar refractivity (Wildman–Crippen MR) is 70.9 cm³/mol. The van der Waals surface area contributed by atoms with Gasteiger partial charge in [0, 0.05) is 36.7 Å². The van der Waals surface area contributed by atoms with Gasteiger partial charge in [-0.05, 0) is 13.6 Å². The van der Waals surface area contributed by atoms with Gasteiger partial charge in [0.2, 0.25) is 0 Å². The Hall–Kier alpha value is 0.580. The summed E-state index contributed by atoms with van der Waals surface area (Å²) in [6.45, 7) is 5.00. The molecular formula is C9H23N3S2. The van der Waals surface area contributed by atoms with Gasteiger partial charge in [-0.2, -0.15) is 25.3 Å². The summed E-state index contributed by atoms with van der Waals surface area (Å²) in [5.41, 5.74) is 0. The van der Waals surface area contributed by atoms with Gasteiger partial charge in [0.15, 0.2) is 0 Å². The van der Waals surface area contributed by atoms with Crippen molar-refractivity contribution in [3.05, 3.63) is 0 Å². The van der Waals surface area contributed by atoms with Crippen molar-refractivity contribution in [2.75, 3.05) is 38.2 Å². The first-order chi connectivity index (χ1) is 6.78. The summed E-state index contributed by atoms with van der Waals surface area (Å²) in [6.07, 6.45) is 0. The van der Waals surface area contributed by atoms with Gasteiger partial charge in [0.05, 0.1) is 0 Å². The molecule has 0 unspecified atom stereocenters. The maximum absolute atomic E-state index is 4.30. The van der Waals surface area contributed by atoms with Crippen LogP contribution >= 0.6 is 25.3 Å². The Morgan fingerprint density at radius 1 is 1.00 bits per heavy atom. The quantitative estimate of drug-likeness (QED) is 0.367. The first-order valence-electron chi connectivity index (χ1n) is 5.11. The second-order valence-electron chi connectivity index (χ2n) is 3.28. The van der Waals surface area contributed by atoms with Crippen LogP contribution in [-0.2, 0) is 0 Å².